The van der Waals surface area contributed by atoms with E-state index in [0.717, 1.165) is 27.2 Å². The topological polar surface area (TPSA) is 74.5 Å². The number of hydrogen-bond donors (Lipinski definition) is 1. The van der Waals surface area contributed by atoms with Crippen LogP contribution in [-0.2, 0) is 0 Å². The van der Waals surface area contributed by atoms with Gasteiger partial charge in [0.15, 0.2) is 10.6 Å². The van der Waals surface area contributed by atoms with Gasteiger partial charge in [0.1, 0.15) is 5.52 Å². The van der Waals surface area contributed by atoms with Crippen LogP contribution in [0.2, 0.25) is 5.28 Å². The van der Waals surface area contributed by atoms with Crippen LogP contribution < -0.4 is 5.32 Å². The Kier molecular flexibility index (Phi) is 4.24. The Balaban J connectivity index is 2.04. The van der Waals surface area contributed by atoms with E-state index in [1.54, 1.807) is 11.6 Å². The number of hydrogen-bond acceptors (Lipinski definition) is 6. The highest BCUT2D eigenvalue weighted by Gasteiger charge is 2.12. The van der Waals surface area contributed by atoms with Crippen LogP contribution in [0.4, 0.5) is 11.5 Å². The van der Waals surface area contributed by atoms with E-state index in [9.17, 15) is 0 Å². The lowest BCUT2D eigenvalue weighted by molar-refractivity contribution is 1.21. The maximum Gasteiger partial charge on any atom is 0.225 e. The van der Waals surface area contributed by atoms with Crippen LogP contribution in [0.1, 0.15) is 16.7 Å². The van der Waals surface area contributed by atoms with Gasteiger partial charge in [0.25, 0.3) is 0 Å². The third-order valence-corrected chi connectivity index (χ3v) is 4.21. The second-order valence-corrected chi connectivity index (χ2v) is 6.14. The monoisotopic (exact) mass is 341 g/mol. The normalized spacial score (nSPS) is 11.0. The summed E-state index contributed by atoms with van der Waals surface area (Å²) in [4.78, 5) is 13.5. The maximum absolute atomic E-state index is 8.64. The SMILES string of the molecule is Cc1cc(/C=C/C#N)cc(C)c1Nc1nc(Cl)nc2scnc12. The van der Waals surface area contributed by atoms with Gasteiger partial charge in [-0.05, 0) is 60.3 Å². The second kappa shape index (κ2) is 6.32. The smallest absolute Gasteiger partial charge is 0.225 e. The summed E-state index contributed by atoms with van der Waals surface area (Å²) >= 11 is 7.41. The van der Waals surface area contributed by atoms with Gasteiger partial charge in [-0.25, -0.2) is 9.97 Å². The van der Waals surface area contributed by atoms with E-state index in [-0.39, 0.29) is 5.28 Å². The van der Waals surface area contributed by atoms with E-state index < -0.39 is 0 Å². The molecule has 1 aromatic carbocycles. The number of nitriles is 1. The van der Waals surface area contributed by atoms with Gasteiger partial charge in [-0.2, -0.15) is 10.2 Å². The number of rotatable bonds is 3. The van der Waals surface area contributed by atoms with E-state index in [2.05, 4.69) is 20.3 Å². The first-order valence-corrected chi connectivity index (χ1v) is 8.05. The summed E-state index contributed by atoms with van der Waals surface area (Å²) in [5.41, 5.74) is 6.43. The summed E-state index contributed by atoms with van der Waals surface area (Å²) < 4.78 is 0. The summed E-state index contributed by atoms with van der Waals surface area (Å²) in [5.74, 6) is 0.591. The van der Waals surface area contributed by atoms with Crippen LogP contribution in [0.5, 0.6) is 0 Å². The zero-order valence-corrected chi connectivity index (χ0v) is 14.0. The van der Waals surface area contributed by atoms with Crippen molar-refractivity contribution in [3.8, 4) is 6.07 Å². The minimum Gasteiger partial charge on any atom is -0.338 e. The minimum atomic E-state index is 0.188. The zero-order chi connectivity index (χ0) is 16.4. The van der Waals surface area contributed by atoms with Crippen molar-refractivity contribution in [1.29, 1.82) is 5.26 Å². The molecule has 5 nitrogen and oxygen atoms in total. The molecule has 114 valence electrons. The van der Waals surface area contributed by atoms with Crippen molar-refractivity contribution in [2.24, 2.45) is 0 Å². The third-order valence-electron chi connectivity index (χ3n) is 3.32. The van der Waals surface area contributed by atoms with Crippen molar-refractivity contribution in [2.75, 3.05) is 5.32 Å². The first-order valence-electron chi connectivity index (χ1n) is 6.79. The number of allylic oxidation sites excluding steroid dienone is 1. The fourth-order valence-electron chi connectivity index (χ4n) is 2.37. The van der Waals surface area contributed by atoms with E-state index in [1.807, 2.05) is 32.0 Å². The van der Waals surface area contributed by atoms with E-state index in [0.29, 0.717) is 11.3 Å². The average Bonchev–Trinajstić information content (AvgIpc) is 2.96. The number of thiazole rings is 1. The Labute approximate surface area is 142 Å². The first-order chi connectivity index (χ1) is 11.1. The zero-order valence-electron chi connectivity index (χ0n) is 12.5. The molecular weight excluding hydrogens is 330 g/mol. The highest BCUT2D eigenvalue weighted by atomic mass is 35.5. The Morgan fingerprint density at radius 1 is 1.26 bits per heavy atom. The van der Waals surface area contributed by atoms with E-state index in [4.69, 9.17) is 16.9 Å². The molecule has 7 heteroatoms. The fraction of sp³-hybridized carbons (Fsp3) is 0.125. The fourth-order valence-corrected chi connectivity index (χ4v) is 3.24. The number of benzene rings is 1. The van der Waals surface area contributed by atoms with Gasteiger partial charge in [0, 0.05) is 11.8 Å². The molecule has 2 heterocycles. The Bertz CT molecular complexity index is 932. The van der Waals surface area contributed by atoms with Gasteiger partial charge in [-0.15, -0.1) is 11.3 Å². The number of aromatic nitrogens is 3. The van der Waals surface area contributed by atoms with Crippen molar-refractivity contribution in [3.05, 3.63) is 45.7 Å². The predicted molar refractivity (Wildman–Crippen MR) is 94.1 cm³/mol. The third kappa shape index (κ3) is 3.16. The molecule has 0 aliphatic rings. The molecule has 0 radical (unpaired) electrons. The van der Waals surface area contributed by atoms with Crippen molar-refractivity contribution in [1.82, 2.24) is 15.0 Å². The quantitative estimate of drug-likeness (QED) is 0.555. The van der Waals surface area contributed by atoms with Crippen LogP contribution in [0.3, 0.4) is 0 Å². The van der Waals surface area contributed by atoms with Crippen molar-refractivity contribution >= 4 is 50.9 Å². The van der Waals surface area contributed by atoms with Crippen molar-refractivity contribution in [2.45, 2.75) is 13.8 Å². The lowest BCUT2D eigenvalue weighted by atomic mass is 10.0. The van der Waals surface area contributed by atoms with Crippen LogP contribution in [0.15, 0.2) is 23.7 Å². The summed E-state index contributed by atoms with van der Waals surface area (Å²) in [6.45, 7) is 4.00. The number of aryl methyl sites for hydroxylation is 2. The number of anilines is 2. The van der Waals surface area contributed by atoms with Crippen LogP contribution in [-0.4, -0.2) is 15.0 Å². The molecule has 0 aliphatic heterocycles. The van der Waals surface area contributed by atoms with E-state index in [1.165, 1.54) is 17.4 Å². The minimum absolute atomic E-state index is 0.188. The molecule has 23 heavy (non-hydrogen) atoms. The van der Waals surface area contributed by atoms with Gasteiger partial charge in [0.2, 0.25) is 5.28 Å². The van der Waals surface area contributed by atoms with Gasteiger partial charge in [-0.3, -0.25) is 0 Å². The molecule has 0 amide bonds. The molecule has 3 rings (SSSR count). The van der Waals surface area contributed by atoms with Crippen molar-refractivity contribution in [3.63, 3.8) is 0 Å². The highest BCUT2D eigenvalue weighted by Crippen LogP contribution is 2.30. The Morgan fingerprint density at radius 2 is 2.00 bits per heavy atom. The lowest BCUT2D eigenvalue weighted by Gasteiger charge is -2.13. The van der Waals surface area contributed by atoms with Crippen molar-refractivity contribution < 1.29 is 0 Å². The van der Waals surface area contributed by atoms with Crippen LogP contribution in [0, 0.1) is 25.2 Å². The summed E-state index contributed by atoms with van der Waals surface area (Å²) in [6.07, 6.45) is 3.24. The first kappa shape index (κ1) is 15.4. The number of nitrogens with one attached hydrogen (secondary N) is 1. The molecule has 0 aliphatic carbocycles. The molecule has 0 fully saturated rings. The molecule has 0 saturated carbocycles. The Hall–Kier alpha value is -2.49. The molecule has 0 spiro atoms. The average molecular weight is 342 g/mol. The molecular formula is C16H12ClN5S. The molecule has 2 aromatic heterocycles. The summed E-state index contributed by atoms with van der Waals surface area (Å²) in [5, 5.41) is 12.1. The number of fused-ring (bicyclic) bond motifs is 1. The van der Waals surface area contributed by atoms with Gasteiger partial charge < -0.3 is 5.32 Å². The standard InChI is InChI=1S/C16H12ClN5S/c1-9-6-11(4-3-5-18)7-10(2)12(9)20-14-13-15(23-8-19-13)22-16(17)21-14/h3-4,6-8H,1-2H3,(H,20,21,22)/b4-3+. The highest BCUT2D eigenvalue weighted by molar-refractivity contribution is 7.16. The van der Waals surface area contributed by atoms with Gasteiger partial charge in [-0.1, -0.05) is 0 Å². The molecule has 0 unspecified atom stereocenters. The maximum atomic E-state index is 8.64. The van der Waals surface area contributed by atoms with Crippen LogP contribution >= 0.6 is 22.9 Å². The van der Waals surface area contributed by atoms with Gasteiger partial charge >= 0.3 is 0 Å². The predicted octanol–water partition coefficient (Wildman–Crippen LogP) is 4.64. The lowest BCUT2D eigenvalue weighted by Crippen LogP contribution is -2.01. The Morgan fingerprint density at radius 3 is 2.70 bits per heavy atom. The summed E-state index contributed by atoms with van der Waals surface area (Å²) in [7, 11) is 0. The molecule has 3 aromatic rings. The summed E-state index contributed by atoms with van der Waals surface area (Å²) in [6, 6.07) is 6.01. The molecule has 0 saturated heterocycles. The molecule has 0 bridgehead atoms. The van der Waals surface area contributed by atoms with Gasteiger partial charge in [0.05, 0.1) is 11.6 Å². The number of nitrogens with zero attached hydrogens (tertiary/aromatic N) is 4. The number of halogens is 1. The van der Waals surface area contributed by atoms with Crippen LogP contribution in [0.25, 0.3) is 16.4 Å². The molecule has 0 atom stereocenters. The molecule has 1 N–H and O–H groups in total. The largest absolute Gasteiger partial charge is 0.338 e. The van der Waals surface area contributed by atoms with E-state index >= 15 is 0 Å². The second-order valence-electron chi connectivity index (χ2n) is 4.96.